The summed E-state index contributed by atoms with van der Waals surface area (Å²) in [4.78, 5) is 11.7. The summed E-state index contributed by atoms with van der Waals surface area (Å²) in [5, 5.41) is 0. The summed E-state index contributed by atoms with van der Waals surface area (Å²) in [6.45, 7) is 2.57. The van der Waals surface area contributed by atoms with Gasteiger partial charge in [0.2, 0.25) is 0 Å². The minimum Gasteiger partial charge on any atom is -0.493 e. The van der Waals surface area contributed by atoms with E-state index in [2.05, 4.69) is 12.1 Å². The molecule has 0 aromatic heterocycles. The van der Waals surface area contributed by atoms with Gasteiger partial charge < -0.3 is 19.9 Å². The Labute approximate surface area is 142 Å². The Morgan fingerprint density at radius 3 is 2.54 bits per heavy atom. The zero-order valence-electron chi connectivity index (χ0n) is 14.0. The molecule has 0 aliphatic heterocycles. The van der Waals surface area contributed by atoms with E-state index in [1.807, 2.05) is 18.2 Å². The van der Waals surface area contributed by atoms with E-state index in [1.165, 1.54) is 5.56 Å². The van der Waals surface area contributed by atoms with Crippen molar-refractivity contribution in [3.8, 4) is 11.5 Å². The molecule has 2 aromatic carbocycles. The molecule has 0 radical (unpaired) electrons. The fourth-order valence-electron chi connectivity index (χ4n) is 2.29. The summed E-state index contributed by atoms with van der Waals surface area (Å²) in [5.41, 5.74) is 7.74. The molecule has 0 aliphatic rings. The van der Waals surface area contributed by atoms with Gasteiger partial charge in [-0.3, -0.25) is 0 Å². The van der Waals surface area contributed by atoms with Crippen molar-refractivity contribution in [2.45, 2.75) is 19.4 Å². The van der Waals surface area contributed by atoms with Crippen molar-refractivity contribution in [3.63, 3.8) is 0 Å². The molecule has 0 saturated carbocycles. The lowest BCUT2D eigenvalue weighted by Crippen LogP contribution is -2.23. The molecule has 1 unspecified atom stereocenters. The van der Waals surface area contributed by atoms with E-state index in [0.29, 0.717) is 30.3 Å². The third-order valence-electron chi connectivity index (χ3n) is 3.58. The van der Waals surface area contributed by atoms with E-state index in [0.717, 1.165) is 6.42 Å². The predicted octanol–water partition coefficient (Wildman–Crippen LogP) is 2.88. The van der Waals surface area contributed by atoms with Gasteiger partial charge in [0.05, 0.1) is 20.3 Å². The number of rotatable bonds is 8. The predicted molar refractivity (Wildman–Crippen MR) is 92.2 cm³/mol. The van der Waals surface area contributed by atoms with E-state index in [4.69, 9.17) is 19.9 Å². The summed E-state index contributed by atoms with van der Waals surface area (Å²) in [6, 6.07) is 14.5. The van der Waals surface area contributed by atoms with Gasteiger partial charge in [-0.1, -0.05) is 36.4 Å². The van der Waals surface area contributed by atoms with Crippen LogP contribution in [-0.4, -0.2) is 26.3 Å². The van der Waals surface area contributed by atoms with Crippen LogP contribution in [0.1, 0.15) is 24.1 Å². The Morgan fingerprint density at radius 1 is 1.12 bits per heavy atom. The number of esters is 1. The van der Waals surface area contributed by atoms with Crippen molar-refractivity contribution in [1.82, 2.24) is 0 Å². The number of nitrogens with two attached hydrogens (primary N) is 1. The molecule has 0 saturated heterocycles. The maximum Gasteiger partial charge on any atom is 0.327 e. The molecule has 0 aliphatic carbocycles. The molecular weight excluding hydrogens is 306 g/mol. The van der Waals surface area contributed by atoms with Crippen LogP contribution in [0.5, 0.6) is 11.5 Å². The van der Waals surface area contributed by atoms with Crippen LogP contribution in [0, 0.1) is 0 Å². The Hall–Kier alpha value is -2.53. The number of methoxy groups -OCH3 is 1. The zero-order valence-corrected chi connectivity index (χ0v) is 14.0. The molecule has 0 spiro atoms. The average molecular weight is 329 g/mol. The molecule has 0 fully saturated rings. The van der Waals surface area contributed by atoms with Gasteiger partial charge >= 0.3 is 5.97 Å². The topological polar surface area (TPSA) is 70.8 Å². The molecule has 0 bridgehead atoms. The van der Waals surface area contributed by atoms with Crippen LogP contribution >= 0.6 is 0 Å². The molecule has 0 heterocycles. The van der Waals surface area contributed by atoms with Crippen molar-refractivity contribution < 1.29 is 19.0 Å². The van der Waals surface area contributed by atoms with Gasteiger partial charge in [-0.2, -0.15) is 0 Å². The van der Waals surface area contributed by atoms with Crippen LogP contribution < -0.4 is 15.2 Å². The summed E-state index contributed by atoms with van der Waals surface area (Å²) in [5.74, 6) is 0.700. The third-order valence-corrected chi connectivity index (χ3v) is 3.58. The fraction of sp³-hybridized carbons (Fsp3) is 0.316. The van der Waals surface area contributed by atoms with Gasteiger partial charge in [0.15, 0.2) is 11.5 Å². The second kappa shape index (κ2) is 8.93. The average Bonchev–Trinajstić information content (AvgIpc) is 2.62. The minimum atomic E-state index is -0.836. The quantitative estimate of drug-likeness (QED) is 0.754. The van der Waals surface area contributed by atoms with Crippen molar-refractivity contribution >= 4 is 5.97 Å². The highest BCUT2D eigenvalue weighted by atomic mass is 16.5. The van der Waals surface area contributed by atoms with Gasteiger partial charge in [-0.05, 0) is 30.2 Å². The summed E-state index contributed by atoms with van der Waals surface area (Å²) < 4.78 is 16.1. The standard InChI is InChI=1S/C19H23NO4/c1-3-23-19(21)18(20)15-9-10-16(17(13-15)22-2)24-12-11-14-7-5-4-6-8-14/h4-10,13,18H,3,11-12,20H2,1-2H3. The first kappa shape index (κ1) is 17.8. The molecule has 1 atom stereocenters. The number of hydrogen-bond acceptors (Lipinski definition) is 5. The van der Waals surface area contributed by atoms with Crippen LogP contribution in [-0.2, 0) is 16.0 Å². The number of hydrogen-bond donors (Lipinski definition) is 1. The zero-order chi connectivity index (χ0) is 17.4. The first-order chi connectivity index (χ1) is 11.7. The van der Waals surface area contributed by atoms with E-state index in [1.54, 1.807) is 32.2 Å². The lowest BCUT2D eigenvalue weighted by Gasteiger charge is -2.15. The molecule has 5 heteroatoms. The fourth-order valence-corrected chi connectivity index (χ4v) is 2.29. The minimum absolute atomic E-state index is 0.296. The second-order valence-electron chi connectivity index (χ2n) is 5.22. The highest BCUT2D eigenvalue weighted by Gasteiger charge is 2.19. The summed E-state index contributed by atoms with van der Waals surface area (Å²) in [7, 11) is 1.55. The Balaban J connectivity index is 2.02. The van der Waals surface area contributed by atoms with Gasteiger partial charge in [0, 0.05) is 6.42 Å². The Bertz CT molecular complexity index is 658. The Morgan fingerprint density at radius 2 is 1.88 bits per heavy atom. The maximum absolute atomic E-state index is 11.7. The van der Waals surface area contributed by atoms with Crippen molar-refractivity contribution in [1.29, 1.82) is 0 Å². The smallest absolute Gasteiger partial charge is 0.327 e. The van der Waals surface area contributed by atoms with Gasteiger partial charge in [-0.25, -0.2) is 4.79 Å². The number of ether oxygens (including phenoxy) is 3. The first-order valence-corrected chi connectivity index (χ1v) is 7.92. The maximum atomic E-state index is 11.7. The molecule has 0 amide bonds. The summed E-state index contributed by atoms with van der Waals surface area (Å²) >= 11 is 0. The van der Waals surface area contributed by atoms with Gasteiger partial charge in [0.25, 0.3) is 0 Å². The van der Waals surface area contributed by atoms with Crippen LogP contribution in [0.4, 0.5) is 0 Å². The van der Waals surface area contributed by atoms with E-state index < -0.39 is 12.0 Å². The first-order valence-electron chi connectivity index (χ1n) is 7.92. The molecular formula is C19H23NO4. The van der Waals surface area contributed by atoms with Crippen LogP contribution in [0.15, 0.2) is 48.5 Å². The lowest BCUT2D eigenvalue weighted by atomic mass is 10.1. The van der Waals surface area contributed by atoms with E-state index >= 15 is 0 Å². The second-order valence-corrected chi connectivity index (χ2v) is 5.22. The molecule has 5 nitrogen and oxygen atoms in total. The van der Waals surface area contributed by atoms with Crippen LogP contribution in [0.2, 0.25) is 0 Å². The number of carbonyl (C=O) groups is 1. The molecule has 2 N–H and O–H groups in total. The lowest BCUT2D eigenvalue weighted by molar-refractivity contribution is -0.144. The van der Waals surface area contributed by atoms with Crippen LogP contribution in [0.25, 0.3) is 0 Å². The number of carbonyl (C=O) groups excluding carboxylic acids is 1. The molecule has 2 rings (SSSR count). The molecule has 128 valence electrons. The molecule has 2 aromatic rings. The van der Waals surface area contributed by atoms with Crippen molar-refractivity contribution in [2.24, 2.45) is 5.73 Å². The van der Waals surface area contributed by atoms with Crippen LogP contribution in [0.3, 0.4) is 0 Å². The van der Waals surface area contributed by atoms with Crippen molar-refractivity contribution in [3.05, 3.63) is 59.7 Å². The normalized spacial score (nSPS) is 11.6. The monoisotopic (exact) mass is 329 g/mol. The van der Waals surface area contributed by atoms with Crippen molar-refractivity contribution in [2.75, 3.05) is 20.3 Å². The summed E-state index contributed by atoms with van der Waals surface area (Å²) in [6.07, 6.45) is 0.800. The highest BCUT2D eigenvalue weighted by Crippen LogP contribution is 2.30. The molecule has 24 heavy (non-hydrogen) atoms. The van der Waals surface area contributed by atoms with E-state index in [-0.39, 0.29) is 0 Å². The SMILES string of the molecule is CCOC(=O)C(N)c1ccc(OCCc2ccccc2)c(OC)c1. The number of benzene rings is 2. The van der Waals surface area contributed by atoms with Gasteiger partial charge in [-0.15, -0.1) is 0 Å². The Kier molecular flexibility index (Phi) is 6.63. The third kappa shape index (κ3) is 4.73. The largest absolute Gasteiger partial charge is 0.493 e. The van der Waals surface area contributed by atoms with Gasteiger partial charge in [0.1, 0.15) is 6.04 Å². The highest BCUT2D eigenvalue weighted by molar-refractivity contribution is 5.77. The van der Waals surface area contributed by atoms with E-state index in [9.17, 15) is 4.79 Å².